The molecule has 4 rings (SSSR count). The van der Waals surface area contributed by atoms with Crippen molar-refractivity contribution in [3.05, 3.63) is 60.2 Å². The molecule has 2 heterocycles. The van der Waals surface area contributed by atoms with Crippen LogP contribution in [0.5, 0.6) is 0 Å². The number of anilines is 2. The van der Waals surface area contributed by atoms with Gasteiger partial charge in [-0.25, -0.2) is 0 Å². The third-order valence-corrected chi connectivity index (χ3v) is 5.50. The molecule has 1 atom stereocenters. The van der Waals surface area contributed by atoms with Crippen LogP contribution in [0.2, 0.25) is 0 Å². The number of hydrogen-bond donors (Lipinski definition) is 0. The Labute approximate surface area is 164 Å². The average Bonchev–Trinajstić information content (AvgIpc) is 3.15. The quantitative estimate of drug-likeness (QED) is 0.827. The summed E-state index contributed by atoms with van der Waals surface area (Å²) >= 11 is 0. The predicted octanol–water partition coefficient (Wildman–Crippen LogP) is 2.26. The van der Waals surface area contributed by atoms with Crippen LogP contribution in [-0.2, 0) is 9.59 Å². The Morgan fingerprint density at radius 2 is 1.64 bits per heavy atom. The molecule has 28 heavy (non-hydrogen) atoms. The molecule has 142 valence electrons. The Kier molecular flexibility index (Phi) is 4.98. The molecule has 0 N–H and O–H groups in total. The summed E-state index contributed by atoms with van der Waals surface area (Å²) < 4.78 is 0. The Hall–Kier alpha value is -3.33. The molecule has 6 nitrogen and oxygen atoms in total. The van der Waals surface area contributed by atoms with Crippen molar-refractivity contribution in [3.8, 4) is 6.07 Å². The Balaban J connectivity index is 1.40. The second kappa shape index (κ2) is 7.73. The highest BCUT2D eigenvalue weighted by atomic mass is 16.2. The van der Waals surface area contributed by atoms with Gasteiger partial charge in [-0.05, 0) is 24.3 Å². The molecule has 2 saturated heterocycles. The molecular formula is C22H22N4O2. The van der Waals surface area contributed by atoms with E-state index in [1.54, 1.807) is 29.2 Å². The maximum Gasteiger partial charge on any atom is 0.228 e. The molecule has 0 aromatic heterocycles. The highest BCUT2D eigenvalue weighted by Crippen LogP contribution is 2.29. The van der Waals surface area contributed by atoms with Crippen molar-refractivity contribution in [1.29, 1.82) is 5.26 Å². The number of amides is 2. The molecule has 2 aromatic carbocycles. The van der Waals surface area contributed by atoms with Crippen LogP contribution >= 0.6 is 0 Å². The normalized spacial score (nSPS) is 19.6. The average molecular weight is 374 g/mol. The number of benzene rings is 2. The van der Waals surface area contributed by atoms with E-state index in [4.69, 9.17) is 0 Å². The van der Waals surface area contributed by atoms with E-state index in [2.05, 4.69) is 23.1 Å². The van der Waals surface area contributed by atoms with E-state index in [1.807, 2.05) is 23.1 Å². The summed E-state index contributed by atoms with van der Waals surface area (Å²) in [6.45, 7) is 3.24. The molecule has 2 aliphatic heterocycles. The largest absolute Gasteiger partial charge is 0.368 e. The van der Waals surface area contributed by atoms with E-state index in [1.165, 1.54) is 5.69 Å². The van der Waals surface area contributed by atoms with Crippen LogP contribution in [0.4, 0.5) is 11.4 Å². The number of nitrogens with zero attached hydrogens (tertiary/aromatic N) is 4. The first-order chi connectivity index (χ1) is 13.7. The minimum Gasteiger partial charge on any atom is -0.368 e. The Morgan fingerprint density at radius 3 is 2.36 bits per heavy atom. The number of carbonyl (C=O) groups excluding carboxylic acids is 2. The fourth-order valence-corrected chi connectivity index (χ4v) is 3.99. The van der Waals surface area contributed by atoms with Gasteiger partial charge in [-0.15, -0.1) is 0 Å². The molecule has 1 unspecified atom stereocenters. The molecule has 2 amide bonds. The van der Waals surface area contributed by atoms with Crippen LogP contribution < -0.4 is 9.80 Å². The van der Waals surface area contributed by atoms with Gasteiger partial charge < -0.3 is 14.7 Å². The van der Waals surface area contributed by atoms with Crippen LogP contribution in [0, 0.1) is 17.2 Å². The van der Waals surface area contributed by atoms with Crippen molar-refractivity contribution in [3.63, 3.8) is 0 Å². The van der Waals surface area contributed by atoms with Crippen molar-refractivity contribution in [1.82, 2.24) is 4.90 Å². The van der Waals surface area contributed by atoms with Crippen LogP contribution in [0.25, 0.3) is 0 Å². The fourth-order valence-electron chi connectivity index (χ4n) is 3.99. The van der Waals surface area contributed by atoms with Gasteiger partial charge in [-0.2, -0.15) is 5.26 Å². The van der Waals surface area contributed by atoms with E-state index in [0.717, 1.165) is 13.1 Å². The second-order valence-corrected chi connectivity index (χ2v) is 7.18. The monoisotopic (exact) mass is 374 g/mol. The zero-order chi connectivity index (χ0) is 19.5. The third kappa shape index (κ3) is 3.44. The molecular weight excluding hydrogens is 352 g/mol. The van der Waals surface area contributed by atoms with Crippen LogP contribution in [0.3, 0.4) is 0 Å². The molecule has 0 bridgehead atoms. The first-order valence-corrected chi connectivity index (χ1v) is 9.55. The second-order valence-electron chi connectivity index (χ2n) is 7.18. The first kappa shape index (κ1) is 18.1. The van der Waals surface area contributed by atoms with Gasteiger partial charge >= 0.3 is 0 Å². The van der Waals surface area contributed by atoms with E-state index in [0.29, 0.717) is 30.9 Å². The van der Waals surface area contributed by atoms with Gasteiger partial charge in [0.1, 0.15) is 6.07 Å². The third-order valence-electron chi connectivity index (χ3n) is 5.50. The molecule has 0 radical (unpaired) electrons. The number of para-hydroxylation sites is 2. The predicted molar refractivity (Wildman–Crippen MR) is 107 cm³/mol. The molecule has 0 saturated carbocycles. The maximum atomic E-state index is 13.0. The highest BCUT2D eigenvalue weighted by Gasteiger charge is 2.38. The lowest BCUT2D eigenvalue weighted by atomic mass is 10.1. The zero-order valence-electron chi connectivity index (χ0n) is 15.6. The van der Waals surface area contributed by atoms with Crippen LogP contribution in [0.15, 0.2) is 54.6 Å². The smallest absolute Gasteiger partial charge is 0.228 e. The van der Waals surface area contributed by atoms with Crippen molar-refractivity contribution < 1.29 is 9.59 Å². The lowest BCUT2D eigenvalue weighted by Gasteiger charge is -2.37. The molecule has 2 aromatic rings. The molecule has 0 aliphatic carbocycles. The van der Waals surface area contributed by atoms with Crippen molar-refractivity contribution >= 4 is 23.2 Å². The van der Waals surface area contributed by atoms with Gasteiger partial charge in [-0.1, -0.05) is 30.3 Å². The number of carbonyl (C=O) groups is 2. The van der Waals surface area contributed by atoms with Gasteiger partial charge in [0.2, 0.25) is 11.8 Å². The topological polar surface area (TPSA) is 67.7 Å². The highest BCUT2D eigenvalue weighted by molar-refractivity contribution is 6.01. The summed E-state index contributed by atoms with van der Waals surface area (Å²) in [7, 11) is 0. The summed E-state index contributed by atoms with van der Waals surface area (Å²) in [5.74, 6) is -0.399. The van der Waals surface area contributed by atoms with Crippen molar-refractivity contribution in [2.24, 2.45) is 5.92 Å². The van der Waals surface area contributed by atoms with E-state index < -0.39 is 0 Å². The van der Waals surface area contributed by atoms with E-state index in [9.17, 15) is 14.9 Å². The number of piperazine rings is 1. The van der Waals surface area contributed by atoms with E-state index >= 15 is 0 Å². The minimum absolute atomic E-state index is 0.0398. The van der Waals surface area contributed by atoms with Gasteiger partial charge in [0.05, 0.1) is 17.2 Å². The maximum absolute atomic E-state index is 13.0. The van der Waals surface area contributed by atoms with Crippen molar-refractivity contribution in [2.75, 3.05) is 42.5 Å². The van der Waals surface area contributed by atoms with E-state index in [-0.39, 0.29) is 24.2 Å². The summed E-state index contributed by atoms with van der Waals surface area (Å²) in [5.41, 5.74) is 2.23. The number of hydrogen-bond acceptors (Lipinski definition) is 4. The summed E-state index contributed by atoms with van der Waals surface area (Å²) in [6.07, 6.45) is 0.206. The first-order valence-electron chi connectivity index (χ1n) is 9.55. The number of rotatable bonds is 3. The zero-order valence-corrected chi connectivity index (χ0v) is 15.6. The minimum atomic E-state index is -0.345. The van der Waals surface area contributed by atoms with Gasteiger partial charge in [-0.3, -0.25) is 9.59 Å². The molecule has 2 fully saturated rings. The summed E-state index contributed by atoms with van der Waals surface area (Å²) in [4.78, 5) is 31.2. The molecule has 6 heteroatoms. The van der Waals surface area contributed by atoms with Gasteiger partial charge in [0.25, 0.3) is 0 Å². The van der Waals surface area contributed by atoms with Crippen LogP contribution in [0.1, 0.15) is 12.0 Å². The SMILES string of the molecule is N#Cc1ccccc1N1CC(C(=O)N2CCN(c3ccccc3)CC2)CC1=O. The van der Waals surface area contributed by atoms with Gasteiger partial charge in [0.15, 0.2) is 0 Å². The van der Waals surface area contributed by atoms with Gasteiger partial charge in [0, 0.05) is 44.8 Å². The molecule has 2 aliphatic rings. The Morgan fingerprint density at radius 1 is 0.964 bits per heavy atom. The number of nitriles is 1. The molecule has 0 spiro atoms. The lowest BCUT2D eigenvalue weighted by molar-refractivity contribution is -0.136. The summed E-state index contributed by atoms with van der Waals surface area (Å²) in [5, 5.41) is 9.30. The van der Waals surface area contributed by atoms with Crippen molar-refractivity contribution in [2.45, 2.75) is 6.42 Å². The summed E-state index contributed by atoms with van der Waals surface area (Å²) in [6, 6.07) is 19.4. The standard InChI is InChI=1S/C22H22N4O2/c23-15-17-6-4-5-9-20(17)26-16-18(14-21(26)27)22(28)25-12-10-24(11-13-25)19-7-2-1-3-8-19/h1-9,18H,10-14,16H2. The van der Waals surface area contributed by atoms with Crippen LogP contribution in [-0.4, -0.2) is 49.4 Å². The fraction of sp³-hybridized carbons (Fsp3) is 0.318. The lowest BCUT2D eigenvalue weighted by Crippen LogP contribution is -2.50. The Bertz CT molecular complexity index is 914.